The molecule has 0 aliphatic carbocycles. The molecule has 0 fully saturated rings. The Morgan fingerprint density at radius 3 is 2.18 bits per heavy atom. The third kappa shape index (κ3) is 3.48. The Balaban J connectivity index is 2.68. The van der Waals surface area contributed by atoms with Crippen molar-refractivity contribution in [1.29, 1.82) is 0 Å². The molecule has 0 saturated heterocycles. The van der Waals surface area contributed by atoms with Crippen LogP contribution in [0, 0.1) is 0 Å². The molecule has 5 heteroatoms. The van der Waals surface area contributed by atoms with Crippen molar-refractivity contribution in [3.05, 3.63) is 29.8 Å². The molecule has 0 amide bonds. The predicted molar refractivity (Wildman–Crippen MR) is 62.9 cm³/mol. The zero-order valence-corrected chi connectivity index (χ0v) is 10.0. The molecular formula is C12H15NO4. The molecule has 17 heavy (non-hydrogen) atoms. The second kappa shape index (κ2) is 5.89. The van der Waals surface area contributed by atoms with Crippen molar-refractivity contribution in [2.24, 2.45) is 0 Å². The van der Waals surface area contributed by atoms with Gasteiger partial charge < -0.3 is 14.8 Å². The minimum Gasteiger partial charge on any atom is -0.467 e. The van der Waals surface area contributed by atoms with E-state index >= 15 is 0 Å². The summed E-state index contributed by atoms with van der Waals surface area (Å²) in [4.78, 5) is 22.4. The molecule has 0 heterocycles. The Bertz CT molecular complexity index is 399. The summed E-state index contributed by atoms with van der Waals surface area (Å²) in [5, 5.41) is 2.95. The maximum Gasteiger partial charge on any atom is 0.337 e. The Kier molecular flexibility index (Phi) is 4.51. The second-order valence-electron chi connectivity index (χ2n) is 3.46. The number of carbonyl (C=O) groups is 2. The number of hydrogen-bond donors (Lipinski definition) is 1. The van der Waals surface area contributed by atoms with Crippen molar-refractivity contribution in [3.8, 4) is 0 Å². The van der Waals surface area contributed by atoms with Crippen LogP contribution in [0.5, 0.6) is 0 Å². The maximum atomic E-state index is 11.2. The molecule has 0 radical (unpaired) electrons. The third-order valence-electron chi connectivity index (χ3n) is 2.24. The van der Waals surface area contributed by atoms with Crippen LogP contribution in [-0.2, 0) is 14.3 Å². The Labute approximate surface area is 99.7 Å². The highest BCUT2D eigenvalue weighted by Gasteiger charge is 2.12. The first-order valence-corrected chi connectivity index (χ1v) is 5.11. The molecule has 1 aromatic carbocycles. The van der Waals surface area contributed by atoms with Gasteiger partial charge in [-0.3, -0.25) is 0 Å². The van der Waals surface area contributed by atoms with E-state index in [0.29, 0.717) is 5.56 Å². The lowest BCUT2D eigenvalue weighted by atomic mass is 10.2. The molecule has 0 aliphatic heterocycles. The predicted octanol–water partition coefficient (Wildman–Crippen LogP) is 1.45. The molecule has 1 N–H and O–H groups in total. The molecule has 1 rings (SSSR count). The number of hydrogen-bond acceptors (Lipinski definition) is 5. The minimum atomic E-state index is -0.441. The van der Waals surface area contributed by atoms with Crippen LogP contribution in [0.3, 0.4) is 0 Å². The van der Waals surface area contributed by atoms with Gasteiger partial charge in [0.1, 0.15) is 6.04 Å². The normalized spacial score (nSPS) is 11.5. The van der Waals surface area contributed by atoms with E-state index in [-0.39, 0.29) is 5.97 Å². The molecule has 92 valence electrons. The van der Waals surface area contributed by atoms with Gasteiger partial charge in [-0.15, -0.1) is 0 Å². The molecule has 5 nitrogen and oxygen atoms in total. The zero-order valence-electron chi connectivity index (χ0n) is 10.0. The number of rotatable bonds is 4. The Hall–Kier alpha value is -2.04. The molecule has 0 spiro atoms. The van der Waals surface area contributed by atoms with Crippen molar-refractivity contribution in [2.75, 3.05) is 19.5 Å². The van der Waals surface area contributed by atoms with E-state index in [4.69, 9.17) is 0 Å². The van der Waals surface area contributed by atoms with E-state index in [2.05, 4.69) is 14.8 Å². The summed E-state index contributed by atoms with van der Waals surface area (Å²) in [5.74, 6) is -0.736. The van der Waals surface area contributed by atoms with Gasteiger partial charge in [-0.1, -0.05) is 0 Å². The molecule has 1 aromatic rings. The van der Waals surface area contributed by atoms with Gasteiger partial charge in [0.25, 0.3) is 0 Å². The van der Waals surface area contributed by atoms with E-state index in [9.17, 15) is 9.59 Å². The van der Waals surface area contributed by atoms with E-state index < -0.39 is 12.0 Å². The maximum absolute atomic E-state index is 11.2. The van der Waals surface area contributed by atoms with Crippen LogP contribution >= 0.6 is 0 Å². The van der Waals surface area contributed by atoms with Gasteiger partial charge in [0.15, 0.2) is 0 Å². The van der Waals surface area contributed by atoms with Crippen LogP contribution in [0.4, 0.5) is 5.69 Å². The summed E-state index contributed by atoms with van der Waals surface area (Å²) in [6.07, 6.45) is 0. The number of anilines is 1. The van der Waals surface area contributed by atoms with Gasteiger partial charge in [-0.05, 0) is 31.2 Å². The van der Waals surface area contributed by atoms with Gasteiger partial charge in [-0.25, -0.2) is 9.59 Å². The van der Waals surface area contributed by atoms with Crippen molar-refractivity contribution in [3.63, 3.8) is 0 Å². The molecule has 1 atom stereocenters. The van der Waals surface area contributed by atoms with E-state index in [0.717, 1.165) is 5.69 Å². The average molecular weight is 237 g/mol. The number of esters is 2. The topological polar surface area (TPSA) is 64.6 Å². The summed E-state index contributed by atoms with van der Waals surface area (Å²) in [6, 6.07) is 6.21. The van der Waals surface area contributed by atoms with Gasteiger partial charge in [0.05, 0.1) is 19.8 Å². The quantitative estimate of drug-likeness (QED) is 0.803. The summed E-state index contributed by atoms with van der Waals surface area (Å²) >= 11 is 0. The highest BCUT2D eigenvalue weighted by molar-refractivity contribution is 5.89. The third-order valence-corrected chi connectivity index (χ3v) is 2.24. The molecular weight excluding hydrogens is 222 g/mol. The largest absolute Gasteiger partial charge is 0.467 e. The monoisotopic (exact) mass is 237 g/mol. The van der Waals surface area contributed by atoms with Crippen LogP contribution in [0.2, 0.25) is 0 Å². The van der Waals surface area contributed by atoms with Crippen molar-refractivity contribution < 1.29 is 19.1 Å². The molecule has 0 saturated carbocycles. The lowest BCUT2D eigenvalue weighted by Crippen LogP contribution is -2.27. The first kappa shape index (κ1) is 13.0. The lowest BCUT2D eigenvalue weighted by Gasteiger charge is -2.12. The second-order valence-corrected chi connectivity index (χ2v) is 3.46. The lowest BCUT2D eigenvalue weighted by molar-refractivity contribution is -0.141. The average Bonchev–Trinajstić information content (AvgIpc) is 2.37. The van der Waals surface area contributed by atoms with E-state index in [1.165, 1.54) is 14.2 Å². The number of nitrogens with one attached hydrogen (secondary N) is 1. The van der Waals surface area contributed by atoms with Crippen LogP contribution in [0.25, 0.3) is 0 Å². The number of carbonyl (C=O) groups excluding carboxylic acids is 2. The van der Waals surface area contributed by atoms with Crippen molar-refractivity contribution in [2.45, 2.75) is 13.0 Å². The van der Waals surface area contributed by atoms with Crippen LogP contribution in [-0.4, -0.2) is 32.2 Å². The van der Waals surface area contributed by atoms with Gasteiger partial charge >= 0.3 is 11.9 Å². The Morgan fingerprint density at radius 2 is 1.71 bits per heavy atom. The molecule has 0 bridgehead atoms. The minimum absolute atomic E-state index is 0.345. The van der Waals surface area contributed by atoms with Crippen LogP contribution in [0.1, 0.15) is 17.3 Å². The summed E-state index contributed by atoms with van der Waals surface area (Å²) in [7, 11) is 2.66. The summed E-state index contributed by atoms with van der Waals surface area (Å²) in [6.45, 7) is 1.69. The Morgan fingerprint density at radius 1 is 1.12 bits per heavy atom. The first-order valence-electron chi connectivity index (χ1n) is 5.11. The fourth-order valence-electron chi connectivity index (χ4n) is 1.31. The first-order chi connectivity index (χ1) is 8.08. The molecule has 0 aliphatic rings. The fourth-order valence-corrected chi connectivity index (χ4v) is 1.31. The summed E-state index contributed by atoms with van der Waals surface area (Å²) < 4.78 is 9.17. The number of ether oxygens (including phenoxy) is 2. The SMILES string of the molecule is COC(=O)c1ccc(NC(C)C(=O)OC)cc1. The van der Waals surface area contributed by atoms with E-state index in [1.54, 1.807) is 31.2 Å². The van der Waals surface area contributed by atoms with Gasteiger partial charge in [0.2, 0.25) is 0 Å². The highest BCUT2D eigenvalue weighted by Crippen LogP contribution is 2.11. The fraction of sp³-hybridized carbons (Fsp3) is 0.333. The smallest absolute Gasteiger partial charge is 0.337 e. The highest BCUT2D eigenvalue weighted by atomic mass is 16.5. The molecule has 0 aromatic heterocycles. The van der Waals surface area contributed by atoms with Crippen molar-refractivity contribution in [1.82, 2.24) is 0 Å². The number of benzene rings is 1. The van der Waals surface area contributed by atoms with Gasteiger partial charge in [-0.2, -0.15) is 0 Å². The molecule has 1 unspecified atom stereocenters. The van der Waals surface area contributed by atoms with Crippen LogP contribution in [0.15, 0.2) is 24.3 Å². The van der Waals surface area contributed by atoms with Crippen molar-refractivity contribution >= 4 is 17.6 Å². The number of methoxy groups -OCH3 is 2. The summed E-state index contributed by atoms with van der Waals surface area (Å²) in [5.41, 5.74) is 1.19. The van der Waals surface area contributed by atoms with E-state index in [1.807, 2.05) is 0 Å². The zero-order chi connectivity index (χ0) is 12.8. The van der Waals surface area contributed by atoms with Crippen LogP contribution < -0.4 is 5.32 Å². The standard InChI is InChI=1S/C12H15NO4/c1-8(11(14)16-2)13-10-6-4-9(5-7-10)12(15)17-3/h4-8,13H,1-3H3. The van der Waals surface area contributed by atoms with Gasteiger partial charge in [0, 0.05) is 5.69 Å².